The number of likely N-dealkylation sites (tertiary alicyclic amines) is 1. The van der Waals surface area contributed by atoms with Crippen molar-refractivity contribution < 1.29 is 19.4 Å². The summed E-state index contributed by atoms with van der Waals surface area (Å²) in [4.78, 5) is 35.7. The first-order chi connectivity index (χ1) is 16.0. The van der Waals surface area contributed by atoms with Crippen molar-refractivity contribution in [1.29, 1.82) is 0 Å². The van der Waals surface area contributed by atoms with E-state index in [-0.39, 0.29) is 17.4 Å². The average molecular weight is 447 g/mol. The molecule has 8 heteroatoms. The van der Waals surface area contributed by atoms with E-state index >= 15 is 0 Å². The van der Waals surface area contributed by atoms with E-state index in [0.717, 1.165) is 0 Å². The Bertz CT molecular complexity index is 1140. The van der Waals surface area contributed by atoms with Crippen LogP contribution in [0.15, 0.2) is 73.1 Å². The van der Waals surface area contributed by atoms with E-state index < -0.39 is 17.7 Å². The maximum atomic E-state index is 13.0. The molecule has 0 radical (unpaired) electrons. The van der Waals surface area contributed by atoms with Gasteiger partial charge in [-0.3, -0.25) is 14.6 Å². The molecule has 3 aromatic rings. The molecule has 4 rings (SSSR count). The quantitative estimate of drug-likeness (QED) is 0.323. The summed E-state index contributed by atoms with van der Waals surface area (Å²) in [5, 5.41) is 11.1. The molecule has 0 saturated carbocycles. The number of benzene rings is 1. The average Bonchev–Trinajstić information content (AvgIpc) is 3.41. The number of Topliss-reactive ketones (excluding diaryl/α,β-unsaturated/α-hetero) is 1. The summed E-state index contributed by atoms with van der Waals surface area (Å²) in [5.41, 5.74) is 1.17. The van der Waals surface area contributed by atoms with Crippen molar-refractivity contribution in [1.82, 2.24) is 19.4 Å². The van der Waals surface area contributed by atoms with Gasteiger partial charge in [-0.2, -0.15) is 0 Å². The van der Waals surface area contributed by atoms with Crippen molar-refractivity contribution in [3.8, 4) is 5.75 Å². The zero-order valence-electron chi connectivity index (χ0n) is 18.6. The van der Waals surface area contributed by atoms with Gasteiger partial charge in [0.15, 0.2) is 0 Å². The van der Waals surface area contributed by atoms with Crippen LogP contribution in [0.4, 0.5) is 0 Å². The van der Waals surface area contributed by atoms with Crippen molar-refractivity contribution in [3.05, 3.63) is 84.2 Å². The van der Waals surface area contributed by atoms with Crippen LogP contribution in [0.3, 0.4) is 0 Å². The third-order valence-electron chi connectivity index (χ3n) is 5.41. The summed E-state index contributed by atoms with van der Waals surface area (Å²) in [6.45, 7) is 4.85. The summed E-state index contributed by atoms with van der Waals surface area (Å²) in [5.74, 6) is -0.886. The lowest BCUT2D eigenvalue weighted by molar-refractivity contribution is -0.139. The Kier molecular flexibility index (Phi) is 6.53. The summed E-state index contributed by atoms with van der Waals surface area (Å²) < 4.78 is 7.57. The summed E-state index contributed by atoms with van der Waals surface area (Å²) in [6.07, 6.45) is 9.14. The molecule has 1 aliphatic rings. The number of hydrogen-bond donors (Lipinski definition) is 1. The second-order valence-corrected chi connectivity index (χ2v) is 8.12. The number of amides is 1. The van der Waals surface area contributed by atoms with Crippen molar-refractivity contribution in [2.45, 2.75) is 39.0 Å². The first-order valence-electron chi connectivity index (χ1n) is 10.9. The molecule has 33 heavy (non-hydrogen) atoms. The number of aliphatic hydroxyl groups is 1. The minimum Gasteiger partial charge on any atom is -0.507 e. The van der Waals surface area contributed by atoms with Gasteiger partial charge in [0.1, 0.15) is 11.5 Å². The van der Waals surface area contributed by atoms with E-state index in [1.54, 1.807) is 61.3 Å². The predicted octanol–water partition coefficient (Wildman–Crippen LogP) is 3.58. The minimum atomic E-state index is -0.715. The molecule has 1 amide bonds. The zero-order valence-corrected chi connectivity index (χ0v) is 18.6. The fourth-order valence-corrected chi connectivity index (χ4v) is 3.96. The summed E-state index contributed by atoms with van der Waals surface area (Å²) >= 11 is 0. The first-order valence-corrected chi connectivity index (χ1v) is 10.9. The maximum absolute atomic E-state index is 13.0. The molecule has 1 aromatic carbocycles. The number of ether oxygens (including phenoxy) is 1. The van der Waals surface area contributed by atoms with Crippen molar-refractivity contribution in [2.24, 2.45) is 0 Å². The number of nitrogens with zero attached hydrogens (tertiary/aromatic N) is 4. The Balaban J connectivity index is 1.67. The molecule has 0 spiro atoms. The molecule has 1 atom stereocenters. The van der Waals surface area contributed by atoms with Crippen LogP contribution in [0, 0.1) is 0 Å². The number of carbonyl (C=O) groups is 2. The largest absolute Gasteiger partial charge is 0.507 e. The summed E-state index contributed by atoms with van der Waals surface area (Å²) in [7, 11) is 0. The SMILES string of the molecule is CC(C)Oc1ccc(C(O)=C2C(=O)C(=O)N(CCCn3ccnc3)[C@H]2c2cccnc2)cc1. The lowest BCUT2D eigenvalue weighted by Gasteiger charge is -2.25. The lowest BCUT2D eigenvalue weighted by atomic mass is 9.96. The van der Waals surface area contributed by atoms with Crippen molar-refractivity contribution in [3.63, 3.8) is 0 Å². The Morgan fingerprint density at radius 3 is 2.52 bits per heavy atom. The molecule has 8 nitrogen and oxygen atoms in total. The number of pyridine rings is 1. The van der Waals surface area contributed by atoms with Gasteiger partial charge < -0.3 is 19.3 Å². The van der Waals surface area contributed by atoms with E-state index in [1.165, 1.54) is 4.90 Å². The third kappa shape index (κ3) is 4.79. The molecular weight excluding hydrogens is 420 g/mol. The van der Waals surface area contributed by atoms with Crippen LogP contribution in [-0.2, 0) is 16.1 Å². The fraction of sp³-hybridized carbons (Fsp3) is 0.280. The van der Waals surface area contributed by atoms with Crippen LogP contribution >= 0.6 is 0 Å². The van der Waals surface area contributed by atoms with Gasteiger partial charge in [0.25, 0.3) is 11.7 Å². The van der Waals surface area contributed by atoms with Gasteiger partial charge >= 0.3 is 0 Å². The number of imidazole rings is 1. The molecule has 1 saturated heterocycles. The van der Waals surface area contributed by atoms with Gasteiger partial charge in [-0.15, -0.1) is 0 Å². The molecule has 0 aliphatic carbocycles. The Labute approximate surface area is 192 Å². The Morgan fingerprint density at radius 2 is 1.88 bits per heavy atom. The molecule has 1 fully saturated rings. The van der Waals surface area contributed by atoms with Gasteiger partial charge in [-0.05, 0) is 56.2 Å². The number of rotatable bonds is 8. The van der Waals surface area contributed by atoms with E-state index in [9.17, 15) is 14.7 Å². The smallest absolute Gasteiger partial charge is 0.295 e. The molecule has 0 unspecified atom stereocenters. The van der Waals surface area contributed by atoms with Crippen LogP contribution in [0.1, 0.15) is 37.4 Å². The van der Waals surface area contributed by atoms with Crippen molar-refractivity contribution >= 4 is 17.4 Å². The number of aromatic nitrogens is 3. The zero-order chi connectivity index (χ0) is 23.4. The van der Waals surface area contributed by atoms with Gasteiger partial charge in [0.05, 0.1) is 24.0 Å². The lowest BCUT2D eigenvalue weighted by Crippen LogP contribution is -2.31. The van der Waals surface area contributed by atoms with Crippen molar-refractivity contribution in [2.75, 3.05) is 6.54 Å². The van der Waals surface area contributed by atoms with E-state index in [2.05, 4.69) is 9.97 Å². The van der Waals surface area contributed by atoms with Crippen LogP contribution < -0.4 is 4.74 Å². The van der Waals surface area contributed by atoms with Gasteiger partial charge in [-0.1, -0.05) is 6.07 Å². The third-order valence-corrected chi connectivity index (χ3v) is 5.41. The number of aliphatic hydroxyl groups excluding tert-OH is 1. The van der Waals surface area contributed by atoms with Gasteiger partial charge in [0, 0.05) is 43.4 Å². The minimum absolute atomic E-state index is 0.0164. The second-order valence-electron chi connectivity index (χ2n) is 8.12. The van der Waals surface area contributed by atoms with Crippen LogP contribution in [-0.4, -0.2) is 48.9 Å². The molecule has 3 heterocycles. The Hall–Kier alpha value is -3.94. The number of hydrogen-bond acceptors (Lipinski definition) is 6. The monoisotopic (exact) mass is 446 g/mol. The van der Waals surface area contributed by atoms with Crippen LogP contribution in [0.5, 0.6) is 5.75 Å². The Morgan fingerprint density at radius 1 is 1.09 bits per heavy atom. The second kappa shape index (κ2) is 9.68. The standard InChI is InChI=1S/C25H26N4O4/c1-17(2)33-20-8-6-18(7-9-20)23(30)21-22(19-5-3-10-26-15-19)29(25(32)24(21)31)13-4-12-28-14-11-27-16-28/h3,5-11,14-17,22,30H,4,12-13H2,1-2H3/t22-/m0/s1. The molecule has 1 aliphatic heterocycles. The van der Waals surface area contributed by atoms with Gasteiger partial charge in [0.2, 0.25) is 0 Å². The maximum Gasteiger partial charge on any atom is 0.295 e. The van der Waals surface area contributed by atoms with Crippen LogP contribution in [0.2, 0.25) is 0 Å². The van der Waals surface area contributed by atoms with Gasteiger partial charge in [-0.25, -0.2) is 4.98 Å². The number of carbonyl (C=O) groups excluding carboxylic acids is 2. The predicted molar refractivity (Wildman–Crippen MR) is 122 cm³/mol. The van der Waals surface area contributed by atoms with Crippen LogP contribution in [0.25, 0.3) is 5.76 Å². The number of aryl methyl sites for hydroxylation is 1. The highest BCUT2D eigenvalue weighted by atomic mass is 16.5. The number of ketones is 1. The molecule has 1 N–H and O–H groups in total. The molecule has 170 valence electrons. The first kappa shape index (κ1) is 22.3. The molecule has 0 bridgehead atoms. The fourth-order valence-electron chi connectivity index (χ4n) is 3.96. The highest BCUT2D eigenvalue weighted by Crippen LogP contribution is 2.39. The van der Waals surface area contributed by atoms with E-state index in [4.69, 9.17) is 4.74 Å². The summed E-state index contributed by atoms with van der Waals surface area (Å²) in [6, 6.07) is 9.66. The van der Waals surface area contributed by atoms with E-state index in [1.807, 2.05) is 24.6 Å². The normalized spacial score (nSPS) is 17.7. The molecular formula is C25H26N4O4. The highest BCUT2D eigenvalue weighted by Gasteiger charge is 2.45. The van der Waals surface area contributed by atoms with E-state index in [0.29, 0.717) is 36.4 Å². The molecule has 2 aromatic heterocycles. The highest BCUT2D eigenvalue weighted by molar-refractivity contribution is 6.46. The topological polar surface area (TPSA) is 97.6 Å².